The van der Waals surface area contributed by atoms with Gasteiger partial charge in [-0.25, -0.2) is 9.97 Å². The van der Waals surface area contributed by atoms with Crippen molar-refractivity contribution in [1.29, 1.82) is 0 Å². The fourth-order valence-electron chi connectivity index (χ4n) is 2.14. The van der Waals surface area contributed by atoms with E-state index in [0.717, 1.165) is 12.4 Å². The maximum atomic E-state index is 4.24. The van der Waals surface area contributed by atoms with E-state index in [1.807, 2.05) is 6.07 Å². The van der Waals surface area contributed by atoms with Crippen molar-refractivity contribution in [3.63, 3.8) is 0 Å². The molecule has 88 valence electrons. The Kier molecular flexibility index (Phi) is 4.10. The average Bonchev–Trinajstić information content (AvgIpc) is 2.38. The summed E-state index contributed by atoms with van der Waals surface area (Å²) in [5, 5.41) is 3.57. The Labute approximate surface area is 97.1 Å². The minimum Gasteiger partial charge on any atom is -0.360 e. The predicted molar refractivity (Wildman–Crippen MR) is 65.6 cm³/mol. The molecule has 1 N–H and O–H groups in total. The van der Waals surface area contributed by atoms with Gasteiger partial charge in [-0.1, -0.05) is 6.42 Å². The number of hydrogen-bond donors (Lipinski definition) is 1. The zero-order chi connectivity index (χ0) is 11.2. The summed E-state index contributed by atoms with van der Waals surface area (Å²) in [5.74, 6) is 1.01. The molecule has 0 saturated carbocycles. The molecule has 0 spiro atoms. The average molecular weight is 220 g/mol. The molecular weight excluding hydrogens is 200 g/mol. The van der Waals surface area contributed by atoms with Crippen LogP contribution in [0.15, 0.2) is 18.6 Å². The molecule has 0 amide bonds. The van der Waals surface area contributed by atoms with Gasteiger partial charge in [-0.05, 0) is 31.9 Å². The maximum absolute atomic E-state index is 4.24. The first kappa shape index (κ1) is 11.3. The second-order valence-electron chi connectivity index (χ2n) is 4.42. The quantitative estimate of drug-likeness (QED) is 0.833. The highest BCUT2D eigenvalue weighted by atomic mass is 15.2. The Morgan fingerprint density at radius 2 is 2.44 bits per heavy atom. The molecule has 0 bridgehead atoms. The van der Waals surface area contributed by atoms with Crippen LogP contribution in [0.3, 0.4) is 0 Å². The molecule has 1 aromatic rings. The number of rotatable bonds is 4. The van der Waals surface area contributed by atoms with Gasteiger partial charge in [-0.15, -0.1) is 0 Å². The Morgan fingerprint density at radius 1 is 1.50 bits per heavy atom. The number of nitrogens with zero attached hydrogens (tertiary/aromatic N) is 3. The van der Waals surface area contributed by atoms with Crippen molar-refractivity contribution in [3.05, 3.63) is 18.6 Å². The number of piperidine rings is 1. The zero-order valence-corrected chi connectivity index (χ0v) is 9.89. The highest BCUT2D eigenvalue weighted by Gasteiger charge is 2.13. The third-order valence-corrected chi connectivity index (χ3v) is 3.18. The molecule has 0 aromatic carbocycles. The molecule has 1 aliphatic heterocycles. The first-order chi connectivity index (χ1) is 7.86. The monoisotopic (exact) mass is 220 g/mol. The van der Waals surface area contributed by atoms with Gasteiger partial charge in [0.2, 0.25) is 0 Å². The summed E-state index contributed by atoms with van der Waals surface area (Å²) < 4.78 is 0. The van der Waals surface area contributed by atoms with Crippen molar-refractivity contribution in [2.75, 3.05) is 25.0 Å². The van der Waals surface area contributed by atoms with E-state index in [-0.39, 0.29) is 0 Å². The third-order valence-electron chi connectivity index (χ3n) is 3.18. The van der Waals surface area contributed by atoms with Crippen LogP contribution in [0.2, 0.25) is 0 Å². The van der Waals surface area contributed by atoms with Gasteiger partial charge in [0.15, 0.2) is 0 Å². The molecule has 0 radical (unpaired) electrons. The minimum absolute atomic E-state index is 0.693. The molecule has 1 aromatic heterocycles. The Balaban J connectivity index is 1.77. The minimum atomic E-state index is 0.693. The second-order valence-corrected chi connectivity index (χ2v) is 4.42. The van der Waals surface area contributed by atoms with E-state index >= 15 is 0 Å². The molecule has 0 aliphatic carbocycles. The van der Waals surface area contributed by atoms with Crippen LogP contribution in [0.5, 0.6) is 0 Å². The lowest BCUT2D eigenvalue weighted by molar-refractivity contribution is 0.384. The van der Waals surface area contributed by atoms with E-state index in [0.29, 0.717) is 6.04 Å². The topological polar surface area (TPSA) is 41.0 Å². The lowest BCUT2D eigenvalue weighted by Crippen LogP contribution is -2.36. The van der Waals surface area contributed by atoms with Crippen molar-refractivity contribution in [1.82, 2.24) is 15.3 Å². The van der Waals surface area contributed by atoms with Gasteiger partial charge < -0.3 is 10.2 Å². The lowest BCUT2D eigenvalue weighted by Gasteiger charge is -2.26. The summed E-state index contributed by atoms with van der Waals surface area (Å²) in [5.41, 5.74) is 0. The summed E-state index contributed by atoms with van der Waals surface area (Å²) >= 11 is 0. The molecular formula is C12H20N4. The van der Waals surface area contributed by atoms with E-state index < -0.39 is 0 Å². The Morgan fingerprint density at radius 3 is 3.12 bits per heavy atom. The summed E-state index contributed by atoms with van der Waals surface area (Å²) in [4.78, 5) is 10.4. The van der Waals surface area contributed by atoms with Crippen molar-refractivity contribution >= 4 is 5.82 Å². The largest absolute Gasteiger partial charge is 0.360 e. The van der Waals surface area contributed by atoms with Crippen LogP contribution in [-0.2, 0) is 0 Å². The Hall–Kier alpha value is -1.16. The van der Waals surface area contributed by atoms with Gasteiger partial charge in [-0.3, -0.25) is 0 Å². The molecule has 1 fully saturated rings. The van der Waals surface area contributed by atoms with Gasteiger partial charge >= 0.3 is 0 Å². The lowest BCUT2D eigenvalue weighted by atomic mass is 10.0. The van der Waals surface area contributed by atoms with Gasteiger partial charge in [0, 0.05) is 25.8 Å². The predicted octanol–water partition coefficient (Wildman–Crippen LogP) is 1.44. The molecule has 16 heavy (non-hydrogen) atoms. The highest BCUT2D eigenvalue weighted by Crippen LogP contribution is 2.12. The molecule has 4 heteroatoms. The molecule has 2 heterocycles. The smallest absolute Gasteiger partial charge is 0.131 e. The second kappa shape index (κ2) is 5.80. The van der Waals surface area contributed by atoms with Gasteiger partial charge in [-0.2, -0.15) is 0 Å². The number of anilines is 1. The standard InChI is InChI=1S/C12H20N4/c1-16(12-5-8-13-10-15-12)9-6-11-4-2-3-7-14-11/h5,8,10-11,14H,2-4,6-7,9H2,1H3. The van der Waals surface area contributed by atoms with Crippen molar-refractivity contribution in [3.8, 4) is 0 Å². The first-order valence-corrected chi connectivity index (χ1v) is 6.07. The number of nitrogens with one attached hydrogen (secondary N) is 1. The summed E-state index contributed by atoms with van der Waals surface area (Å²) in [6, 6.07) is 2.65. The molecule has 1 saturated heterocycles. The van der Waals surface area contributed by atoms with Gasteiger partial charge in [0.25, 0.3) is 0 Å². The molecule has 2 rings (SSSR count). The van der Waals surface area contributed by atoms with Crippen LogP contribution in [0.1, 0.15) is 25.7 Å². The molecule has 1 unspecified atom stereocenters. The summed E-state index contributed by atoms with van der Waals surface area (Å²) in [6.45, 7) is 2.23. The van der Waals surface area contributed by atoms with E-state index in [4.69, 9.17) is 0 Å². The Bertz CT molecular complexity index is 295. The van der Waals surface area contributed by atoms with Crippen LogP contribution >= 0.6 is 0 Å². The number of aromatic nitrogens is 2. The van der Waals surface area contributed by atoms with Crippen molar-refractivity contribution in [2.45, 2.75) is 31.7 Å². The van der Waals surface area contributed by atoms with Crippen LogP contribution in [0.4, 0.5) is 5.82 Å². The summed E-state index contributed by atoms with van der Waals surface area (Å²) in [6.07, 6.45) is 8.60. The van der Waals surface area contributed by atoms with E-state index in [1.54, 1.807) is 12.5 Å². The molecule has 4 nitrogen and oxygen atoms in total. The highest BCUT2D eigenvalue weighted by molar-refractivity contribution is 5.34. The van der Waals surface area contributed by atoms with E-state index in [9.17, 15) is 0 Å². The fraction of sp³-hybridized carbons (Fsp3) is 0.667. The maximum Gasteiger partial charge on any atom is 0.131 e. The van der Waals surface area contributed by atoms with Gasteiger partial charge in [0.1, 0.15) is 12.1 Å². The number of hydrogen-bond acceptors (Lipinski definition) is 4. The zero-order valence-electron chi connectivity index (χ0n) is 9.89. The van der Waals surface area contributed by atoms with E-state index in [2.05, 4.69) is 27.2 Å². The first-order valence-electron chi connectivity index (χ1n) is 6.07. The summed E-state index contributed by atoms with van der Waals surface area (Å²) in [7, 11) is 2.09. The van der Waals surface area contributed by atoms with Crippen LogP contribution in [-0.4, -0.2) is 36.1 Å². The van der Waals surface area contributed by atoms with Crippen LogP contribution in [0, 0.1) is 0 Å². The van der Waals surface area contributed by atoms with Gasteiger partial charge in [0.05, 0.1) is 0 Å². The van der Waals surface area contributed by atoms with Crippen LogP contribution in [0.25, 0.3) is 0 Å². The molecule has 1 atom stereocenters. The fourth-order valence-corrected chi connectivity index (χ4v) is 2.14. The van der Waals surface area contributed by atoms with Crippen LogP contribution < -0.4 is 10.2 Å². The third kappa shape index (κ3) is 3.17. The van der Waals surface area contributed by atoms with E-state index in [1.165, 1.54) is 32.2 Å². The normalized spacial score (nSPS) is 20.7. The van der Waals surface area contributed by atoms with Crippen molar-refractivity contribution < 1.29 is 0 Å². The van der Waals surface area contributed by atoms with Crippen molar-refractivity contribution in [2.24, 2.45) is 0 Å². The SMILES string of the molecule is CN(CCC1CCCCN1)c1ccncn1. The molecule has 1 aliphatic rings.